The van der Waals surface area contributed by atoms with E-state index in [1.54, 1.807) is 7.11 Å². The maximum Gasteiger partial charge on any atom is 0.205 e. The van der Waals surface area contributed by atoms with Crippen LogP contribution < -0.4 is 0 Å². The molecule has 3 heterocycles. The predicted octanol–water partition coefficient (Wildman–Crippen LogP) is 3.44. The van der Waals surface area contributed by atoms with Gasteiger partial charge in [-0.1, -0.05) is 60.7 Å². The molecule has 0 bridgehead atoms. The zero-order chi connectivity index (χ0) is 18.9. The molecule has 0 amide bonds. The van der Waals surface area contributed by atoms with E-state index in [9.17, 15) is 5.26 Å². The lowest BCUT2D eigenvalue weighted by Gasteiger charge is -2.34. The highest BCUT2D eigenvalue weighted by Gasteiger charge is 2.80. The highest BCUT2D eigenvalue weighted by molar-refractivity contribution is 5.34. The van der Waals surface area contributed by atoms with Crippen LogP contribution in [0.25, 0.3) is 0 Å². The molecule has 6 nitrogen and oxygen atoms in total. The van der Waals surface area contributed by atoms with Gasteiger partial charge in [0.15, 0.2) is 12.6 Å². The Hall–Kier alpha value is -1.80. The SMILES string of the molecule is CO[C@@H]1OC2(c3ccccc3)OC3(c4ccccc4)O[C@@H](OO)C4CC1C2C43. The molecule has 3 saturated heterocycles. The van der Waals surface area contributed by atoms with Crippen molar-refractivity contribution in [2.45, 2.75) is 30.6 Å². The van der Waals surface area contributed by atoms with E-state index in [1.165, 1.54) is 0 Å². The molecule has 6 unspecified atom stereocenters. The zero-order valence-electron chi connectivity index (χ0n) is 15.4. The predicted molar refractivity (Wildman–Crippen MR) is 96.4 cm³/mol. The van der Waals surface area contributed by atoms with Gasteiger partial charge >= 0.3 is 0 Å². The van der Waals surface area contributed by atoms with Gasteiger partial charge in [-0.3, -0.25) is 0 Å². The maximum absolute atomic E-state index is 9.53. The van der Waals surface area contributed by atoms with Crippen molar-refractivity contribution >= 4 is 0 Å². The van der Waals surface area contributed by atoms with E-state index in [0.29, 0.717) is 0 Å². The van der Waals surface area contributed by atoms with Gasteiger partial charge in [0, 0.05) is 41.9 Å². The van der Waals surface area contributed by atoms with E-state index in [0.717, 1.165) is 17.5 Å². The van der Waals surface area contributed by atoms with Crippen LogP contribution in [0.3, 0.4) is 0 Å². The molecule has 0 spiro atoms. The van der Waals surface area contributed by atoms with Gasteiger partial charge in [-0.2, -0.15) is 0 Å². The average Bonchev–Trinajstić information content (AvgIpc) is 3.45. The fourth-order valence-corrected chi connectivity index (χ4v) is 6.13. The van der Waals surface area contributed by atoms with Gasteiger partial charge in [0.25, 0.3) is 0 Å². The van der Waals surface area contributed by atoms with Crippen molar-refractivity contribution < 1.29 is 29.1 Å². The Morgan fingerprint density at radius 2 is 1.32 bits per heavy atom. The van der Waals surface area contributed by atoms with Gasteiger partial charge in [0.05, 0.1) is 0 Å². The average molecular weight is 382 g/mol. The van der Waals surface area contributed by atoms with E-state index in [1.807, 2.05) is 60.7 Å². The Morgan fingerprint density at radius 1 is 0.821 bits per heavy atom. The summed E-state index contributed by atoms with van der Waals surface area (Å²) in [6.07, 6.45) is -0.322. The summed E-state index contributed by atoms with van der Waals surface area (Å²) < 4.78 is 25.3. The highest BCUT2D eigenvalue weighted by atomic mass is 17.1. The van der Waals surface area contributed by atoms with Crippen LogP contribution in [0.15, 0.2) is 60.7 Å². The second-order valence-electron chi connectivity index (χ2n) is 8.10. The Labute approximate surface area is 162 Å². The fourth-order valence-electron chi connectivity index (χ4n) is 6.13. The third-order valence-corrected chi connectivity index (χ3v) is 7.00. The lowest BCUT2D eigenvalue weighted by Crippen LogP contribution is -2.38. The second-order valence-corrected chi connectivity index (χ2v) is 8.10. The first-order valence-electron chi connectivity index (χ1n) is 9.73. The first-order chi connectivity index (χ1) is 13.7. The van der Waals surface area contributed by atoms with Crippen molar-refractivity contribution in [1.82, 2.24) is 0 Å². The van der Waals surface area contributed by atoms with E-state index < -0.39 is 17.9 Å². The normalized spacial score (nSPS) is 45.5. The molecule has 0 radical (unpaired) electrons. The summed E-state index contributed by atoms with van der Waals surface area (Å²) in [5.41, 5.74) is 1.87. The first kappa shape index (κ1) is 17.1. The molecule has 2 aromatic carbocycles. The Morgan fingerprint density at radius 3 is 1.82 bits per heavy atom. The van der Waals surface area contributed by atoms with Gasteiger partial charge in [-0.05, 0) is 6.42 Å². The molecule has 1 N–H and O–H groups in total. The van der Waals surface area contributed by atoms with E-state index >= 15 is 0 Å². The Balaban J connectivity index is 1.56. The highest BCUT2D eigenvalue weighted by Crippen LogP contribution is 2.74. The summed E-state index contributed by atoms with van der Waals surface area (Å²) in [7, 11) is 1.67. The fraction of sp³-hybridized carbons (Fsp3) is 0.455. The summed E-state index contributed by atoms with van der Waals surface area (Å²) in [5, 5.41) is 9.53. The summed E-state index contributed by atoms with van der Waals surface area (Å²) in [6.45, 7) is 0. The quantitative estimate of drug-likeness (QED) is 0.646. The van der Waals surface area contributed by atoms with Crippen LogP contribution in [0, 0.1) is 23.7 Å². The molecule has 8 atom stereocenters. The number of methoxy groups -OCH3 is 1. The number of benzene rings is 2. The molecular weight excluding hydrogens is 360 g/mol. The van der Waals surface area contributed by atoms with E-state index in [4.69, 9.17) is 23.8 Å². The molecule has 6 heteroatoms. The van der Waals surface area contributed by atoms with Crippen molar-refractivity contribution in [3.8, 4) is 0 Å². The van der Waals surface area contributed by atoms with Gasteiger partial charge in [0.2, 0.25) is 11.6 Å². The minimum atomic E-state index is -1.03. The van der Waals surface area contributed by atoms with E-state index in [-0.39, 0.29) is 30.0 Å². The molecular formula is C22H22O6. The van der Waals surface area contributed by atoms with Crippen molar-refractivity contribution in [2.75, 3.05) is 7.11 Å². The molecule has 4 fully saturated rings. The van der Waals surface area contributed by atoms with Crippen LogP contribution in [-0.4, -0.2) is 24.9 Å². The second kappa shape index (κ2) is 5.86. The van der Waals surface area contributed by atoms with Crippen molar-refractivity contribution in [2.24, 2.45) is 23.7 Å². The largest absolute Gasteiger partial charge is 0.355 e. The van der Waals surface area contributed by atoms with E-state index in [2.05, 4.69) is 0 Å². The molecule has 28 heavy (non-hydrogen) atoms. The van der Waals surface area contributed by atoms with Gasteiger partial charge < -0.3 is 18.9 Å². The third-order valence-electron chi connectivity index (χ3n) is 7.00. The summed E-state index contributed by atoms with van der Waals surface area (Å²) in [6, 6.07) is 19.9. The molecule has 1 aliphatic carbocycles. The van der Waals surface area contributed by atoms with Crippen LogP contribution in [0.2, 0.25) is 0 Å². The van der Waals surface area contributed by atoms with Crippen molar-refractivity contribution in [3.63, 3.8) is 0 Å². The van der Waals surface area contributed by atoms with Gasteiger partial charge in [0.1, 0.15) is 0 Å². The molecule has 4 aliphatic rings. The minimum Gasteiger partial charge on any atom is -0.355 e. The molecule has 3 aliphatic heterocycles. The van der Waals surface area contributed by atoms with Crippen molar-refractivity contribution in [1.29, 1.82) is 0 Å². The number of rotatable bonds is 4. The van der Waals surface area contributed by atoms with Crippen LogP contribution >= 0.6 is 0 Å². The molecule has 2 aromatic rings. The lowest BCUT2D eigenvalue weighted by molar-refractivity contribution is -0.412. The first-order valence-corrected chi connectivity index (χ1v) is 9.73. The lowest BCUT2D eigenvalue weighted by atomic mass is 9.78. The van der Waals surface area contributed by atoms with Gasteiger partial charge in [-0.15, -0.1) is 0 Å². The zero-order valence-corrected chi connectivity index (χ0v) is 15.4. The van der Waals surface area contributed by atoms with Crippen LogP contribution in [0.1, 0.15) is 17.5 Å². The topological polar surface area (TPSA) is 66.4 Å². The maximum atomic E-state index is 9.53. The summed E-state index contributed by atoms with van der Waals surface area (Å²) in [5.74, 6) is -1.85. The van der Waals surface area contributed by atoms with Crippen LogP contribution in [0.4, 0.5) is 0 Å². The van der Waals surface area contributed by atoms with Gasteiger partial charge in [-0.25, -0.2) is 10.1 Å². The van der Waals surface area contributed by atoms with Crippen LogP contribution in [0.5, 0.6) is 0 Å². The summed E-state index contributed by atoms with van der Waals surface area (Å²) >= 11 is 0. The number of hydrogen-bond acceptors (Lipinski definition) is 6. The number of hydrogen-bond donors (Lipinski definition) is 1. The third kappa shape index (κ3) is 1.93. The smallest absolute Gasteiger partial charge is 0.205 e. The standard InChI is InChI=1S/C22H22O6/c1-24-19-15-12-16-18-17(15)21(25-19,13-8-4-2-5-9-13)28-22(18,26-20(16)27-23)14-10-6-3-7-11-14/h2-11,15-20,23H,12H2,1H3/t15?,16?,17?,18?,19-,20+,21?,22?/m1/s1. The number of ether oxygens (including phenoxy) is 4. The van der Waals surface area contributed by atoms with Crippen LogP contribution in [-0.2, 0) is 35.4 Å². The summed E-state index contributed by atoms with van der Waals surface area (Å²) in [4.78, 5) is 4.76. The van der Waals surface area contributed by atoms with Crippen molar-refractivity contribution in [3.05, 3.63) is 71.8 Å². The monoisotopic (exact) mass is 382 g/mol. The Kier molecular flexibility index (Phi) is 3.57. The minimum absolute atomic E-state index is 0.00709. The molecule has 6 rings (SSSR count). The Bertz CT molecular complexity index is 804. The molecule has 146 valence electrons. The molecule has 0 aromatic heterocycles. The molecule has 1 saturated carbocycles.